The highest BCUT2D eigenvalue weighted by Crippen LogP contribution is 2.28. The lowest BCUT2D eigenvalue weighted by Gasteiger charge is -2.32. The molecule has 0 saturated carbocycles. The normalized spacial score (nSPS) is 17.0. The van der Waals surface area contributed by atoms with Crippen LogP contribution in [0, 0.1) is 12.7 Å². The summed E-state index contributed by atoms with van der Waals surface area (Å²) in [6, 6.07) is 6.13. The van der Waals surface area contributed by atoms with Gasteiger partial charge in [-0.3, -0.25) is 9.78 Å². The first-order valence-corrected chi connectivity index (χ1v) is 9.39. The molecule has 28 heavy (non-hydrogen) atoms. The molecule has 0 N–H and O–H groups in total. The number of nitrogens with zero attached hydrogens (tertiary/aromatic N) is 5. The Bertz CT molecular complexity index is 1020. The predicted molar refractivity (Wildman–Crippen MR) is 103 cm³/mol. The zero-order valence-electron chi connectivity index (χ0n) is 16.0. The Hall–Kier alpha value is -3.09. The number of piperidine rings is 1. The summed E-state index contributed by atoms with van der Waals surface area (Å²) in [7, 11) is 1.95. The maximum atomic E-state index is 14.0. The Labute approximate surface area is 163 Å². The van der Waals surface area contributed by atoms with Crippen LogP contribution in [-0.4, -0.2) is 43.4 Å². The quantitative estimate of drug-likeness (QED) is 0.700. The number of amides is 1. The molecule has 1 aliphatic rings. The number of hydrogen-bond donors (Lipinski definition) is 0. The van der Waals surface area contributed by atoms with Gasteiger partial charge in [-0.05, 0) is 31.9 Å². The van der Waals surface area contributed by atoms with Crippen LogP contribution in [0.3, 0.4) is 0 Å². The summed E-state index contributed by atoms with van der Waals surface area (Å²) in [6.45, 7) is 3.07. The zero-order valence-corrected chi connectivity index (χ0v) is 16.0. The Morgan fingerprint density at radius 3 is 2.79 bits per heavy atom. The summed E-state index contributed by atoms with van der Waals surface area (Å²) in [5, 5.41) is 0. The van der Waals surface area contributed by atoms with E-state index in [0.29, 0.717) is 13.1 Å². The molecule has 1 amide bonds. The average Bonchev–Trinajstić information content (AvgIpc) is 3.07. The molecule has 1 fully saturated rings. The summed E-state index contributed by atoms with van der Waals surface area (Å²) in [4.78, 5) is 28.0. The van der Waals surface area contributed by atoms with Crippen LogP contribution in [0.4, 0.5) is 4.39 Å². The number of carbonyl (C=O) groups excluding carboxylic acids is 1. The number of aromatic nitrogens is 4. The number of carbonyl (C=O) groups is 1. The van der Waals surface area contributed by atoms with Crippen LogP contribution < -0.4 is 0 Å². The molecule has 1 atom stereocenters. The van der Waals surface area contributed by atoms with Crippen molar-refractivity contribution in [1.82, 2.24) is 24.4 Å². The molecule has 3 heterocycles. The van der Waals surface area contributed by atoms with E-state index < -0.39 is 5.82 Å². The predicted octanol–water partition coefficient (Wildman–Crippen LogP) is 3.34. The van der Waals surface area contributed by atoms with Gasteiger partial charge in [0, 0.05) is 32.3 Å². The number of rotatable bonds is 3. The molecule has 0 spiro atoms. The van der Waals surface area contributed by atoms with Crippen molar-refractivity contribution in [3.8, 4) is 11.4 Å². The van der Waals surface area contributed by atoms with E-state index in [1.54, 1.807) is 35.6 Å². The highest BCUT2D eigenvalue weighted by atomic mass is 19.1. The maximum Gasteiger partial charge on any atom is 0.256 e. The molecule has 1 aromatic carbocycles. The van der Waals surface area contributed by atoms with E-state index in [1.165, 1.54) is 12.1 Å². The number of benzene rings is 1. The van der Waals surface area contributed by atoms with E-state index in [0.717, 1.165) is 35.7 Å². The van der Waals surface area contributed by atoms with Crippen molar-refractivity contribution in [2.45, 2.75) is 25.7 Å². The van der Waals surface area contributed by atoms with Crippen LogP contribution in [0.25, 0.3) is 11.4 Å². The van der Waals surface area contributed by atoms with Crippen molar-refractivity contribution in [3.05, 3.63) is 65.8 Å². The first kappa shape index (κ1) is 18.3. The molecule has 144 valence electrons. The molecule has 4 rings (SSSR count). The lowest BCUT2D eigenvalue weighted by molar-refractivity contribution is 0.0701. The largest absolute Gasteiger partial charge is 0.338 e. The smallest absolute Gasteiger partial charge is 0.256 e. The van der Waals surface area contributed by atoms with E-state index in [4.69, 9.17) is 4.98 Å². The summed E-state index contributed by atoms with van der Waals surface area (Å²) < 4.78 is 16.0. The van der Waals surface area contributed by atoms with Crippen LogP contribution in [0.5, 0.6) is 0 Å². The molecule has 2 aromatic heterocycles. The first-order chi connectivity index (χ1) is 13.5. The Morgan fingerprint density at radius 1 is 1.21 bits per heavy atom. The van der Waals surface area contributed by atoms with Gasteiger partial charge in [0.05, 0.1) is 29.3 Å². The van der Waals surface area contributed by atoms with Gasteiger partial charge in [0.1, 0.15) is 17.3 Å². The number of halogens is 1. The molecule has 1 aliphatic heterocycles. The minimum absolute atomic E-state index is 0.0752. The van der Waals surface area contributed by atoms with Crippen molar-refractivity contribution in [1.29, 1.82) is 0 Å². The third-order valence-electron chi connectivity index (χ3n) is 5.37. The number of hydrogen-bond acceptors (Lipinski definition) is 4. The van der Waals surface area contributed by atoms with Gasteiger partial charge in [-0.25, -0.2) is 14.4 Å². The maximum absolute atomic E-state index is 14.0. The van der Waals surface area contributed by atoms with Gasteiger partial charge in [0.15, 0.2) is 0 Å². The molecule has 0 radical (unpaired) electrons. The third-order valence-corrected chi connectivity index (χ3v) is 5.37. The second-order valence-corrected chi connectivity index (χ2v) is 7.15. The van der Waals surface area contributed by atoms with Crippen LogP contribution in [0.2, 0.25) is 0 Å². The molecule has 6 nitrogen and oxygen atoms in total. The molecule has 1 saturated heterocycles. The first-order valence-electron chi connectivity index (χ1n) is 9.39. The lowest BCUT2D eigenvalue weighted by Crippen LogP contribution is -2.39. The minimum Gasteiger partial charge on any atom is -0.338 e. The molecule has 0 aliphatic carbocycles. The summed E-state index contributed by atoms with van der Waals surface area (Å²) in [5.41, 5.74) is 2.64. The zero-order chi connectivity index (χ0) is 19.7. The number of likely N-dealkylation sites (tertiary alicyclic amines) is 1. The van der Waals surface area contributed by atoms with E-state index >= 15 is 0 Å². The fourth-order valence-electron chi connectivity index (χ4n) is 3.65. The SMILES string of the molecule is Cc1ncc(-c2cncc([C@@H]3CCCN(C(=O)c4ccccc4F)C3)n2)n1C. The second kappa shape index (κ2) is 7.50. The summed E-state index contributed by atoms with van der Waals surface area (Å²) >= 11 is 0. The minimum atomic E-state index is -0.483. The van der Waals surface area contributed by atoms with Crippen molar-refractivity contribution in [2.24, 2.45) is 7.05 Å². The topological polar surface area (TPSA) is 63.9 Å². The monoisotopic (exact) mass is 379 g/mol. The van der Waals surface area contributed by atoms with E-state index in [-0.39, 0.29) is 17.4 Å². The van der Waals surface area contributed by atoms with E-state index in [9.17, 15) is 9.18 Å². The van der Waals surface area contributed by atoms with Gasteiger partial charge in [-0.15, -0.1) is 0 Å². The molecule has 0 bridgehead atoms. The standard InChI is InChI=1S/C21H22FN5O/c1-14-24-12-20(26(14)2)19-11-23-10-18(25-19)15-6-5-9-27(13-15)21(28)16-7-3-4-8-17(16)22/h3-4,7-8,10-12,15H,5-6,9,13H2,1-2H3/t15-/m1/s1. The molecular weight excluding hydrogens is 357 g/mol. The third kappa shape index (κ3) is 3.40. The Balaban J connectivity index is 1.57. The average molecular weight is 379 g/mol. The van der Waals surface area contributed by atoms with E-state index in [2.05, 4.69) is 9.97 Å². The van der Waals surface area contributed by atoms with Gasteiger partial charge in [0.2, 0.25) is 0 Å². The van der Waals surface area contributed by atoms with Crippen LogP contribution >= 0.6 is 0 Å². The number of aryl methyl sites for hydroxylation is 1. The Kier molecular flexibility index (Phi) is 4.90. The van der Waals surface area contributed by atoms with Gasteiger partial charge in [-0.1, -0.05) is 12.1 Å². The van der Waals surface area contributed by atoms with Crippen molar-refractivity contribution < 1.29 is 9.18 Å². The van der Waals surface area contributed by atoms with Crippen molar-refractivity contribution in [2.75, 3.05) is 13.1 Å². The van der Waals surface area contributed by atoms with Crippen molar-refractivity contribution >= 4 is 5.91 Å². The molecular formula is C21H22FN5O. The fraction of sp³-hybridized carbons (Fsp3) is 0.333. The van der Waals surface area contributed by atoms with Gasteiger partial charge in [-0.2, -0.15) is 0 Å². The number of imidazole rings is 1. The van der Waals surface area contributed by atoms with Gasteiger partial charge in [0.25, 0.3) is 5.91 Å². The van der Waals surface area contributed by atoms with Gasteiger partial charge < -0.3 is 9.47 Å². The second-order valence-electron chi connectivity index (χ2n) is 7.15. The van der Waals surface area contributed by atoms with Crippen molar-refractivity contribution in [3.63, 3.8) is 0 Å². The van der Waals surface area contributed by atoms with Crippen LogP contribution in [0.15, 0.2) is 42.9 Å². The molecule has 0 unspecified atom stereocenters. The highest BCUT2D eigenvalue weighted by Gasteiger charge is 2.28. The lowest BCUT2D eigenvalue weighted by atomic mass is 9.94. The summed E-state index contributed by atoms with van der Waals surface area (Å²) in [5.74, 6) is 0.227. The molecule has 3 aromatic rings. The van der Waals surface area contributed by atoms with Gasteiger partial charge >= 0.3 is 0 Å². The van der Waals surface area contributed by atoms with E-state index in [1.807, 2.05) is 18.5 Å². The molecule has 7 heteroatoms. The Morgan fingerprint density at radius 2 is 2.04 bits per heavy atom. The highest BCUT2D eigenvalue weighted by molar-refractivity contribution is 5.94. The van der Waals surface area contributed by atoms with Crippen LogP contribution in [0.1, 0.15) is 40.6 Å². The summed E-state index contributed by atoms with van der Waals surface area (Å²) in [6.07, 6.45) is 7.04. The fourth-order valence-corrected chi connectivity index (χ4v) is 3.65. The van der Waals surface area contributed by atoms with Crippen LogP contribution in [-0.2, 0) is 7.05 Å².